The molecule has 0 spiro atoms. The zero-order chi connectivity index (χ0) is 20.0. The summed E-state index contributed by atoms with van der Waals surface area (Å²) in [5.41, 5.74) is 2.67. The minimum absolute atomic E-state index is 0.0366. The van der Waals surface area contributed by atoms with Gasteiger partial charge in [-0.25, -0.2) is 4.79 Å². The van der Waals surface area contributed by atoms with E-state index in [-0.39, 0.29) is 12.1 Å². The predicted molar refractivity (Wildman–Crippen MR) is 112 cm³/mol. The van der Waals surface area contributed by atoms with Gasteiger partial charge in [0.1, 0.15) is 11.5 Å². The van der Waals surface area contributed by atoms with Gasteiger partial charge in [0, 0.05) is 11.0 Å². The van der Waals surface area contributed by atoms with Crippen LogP contribution in [0, 0.1) is 6.92 Å². The van der Waals surface area contributed by atoms with Crippen molar-refractivity contribution >= 4 is 27.6 Å². The summed E-state index contributed by atoms with van der Waals surface area (Å²) in [6.07, 6.45) is 0. The molecule has 0 heterocycles. The van der Waals surface area contributed by atoms with Crippen LogP contribution in [0.5, 0.6) is 11.5 Å². The first-order valence-electron chi connectivity index (χ1n) is 8.55. The first-order valence-corrected chi connectivity index (χ1v) is 9.34. The lowest BCUT2D eigenvalue weighted by Crippen LogP contribution is -2.37. The highest BCUT2D eigenvalue weighted by atomic mass is 79.9. The Morgan fingerprint density at radius 2 is 1.81 bits per heavy atom. The van der Waals surface area contributed by atoms with Crippen LogP contribution >= 0.6 is 15.9 Å². The molecule has 1 unspecified atom stereocenters. The van der Waals surface area contributed by atoms with E-state index in [0.717, 1.165) is 21.3 Å². The van der Waals surface area contributed by atoms with Gasteiger partial charge in [0.2, 0.25) is 0 Å². The van der Waals surface area contributed by atoms with E-state index in [9.17, 15) is 4.79 Å². The zero-order valence-electron chi connectivity index (χ0n) is 16.3. The van der Waals surface area contributed by atoms with Crippen LogP contribution in [0.25, 0.3) is 0 Å². The quantitative estimate of drug-likeness (QED) is 0.683. The SMILES string of the molecule is COc1ccc(C(CNC(=O)Nc2c(C)cc(Br)cc2OC)N(C)C)cc1. The number of nitrogens with one attached hydrogen (secondary N) is 2. The van der Waals surface area contributed by atoms with Crippen molar-refractivity contribution in [1.82, 2.24) is 10.2 Å². The van der Waals surface area contributed by atoms with Crippen LogP contribution in [0.1, 0.15) is 17.2 Å². The molecule has 0 saturated heterocycles. The molecule has 7 heteroatoms. The van der Waals surface area contributed by atoms with Gasteiger partial charge < -0.3 is 25.0 Å². The third-order valence-corrected chi connectivity index (χ3v) is 4.76. The smallest absolute Gasteiger partial charge is 0.319 e. The summed E-state index contributed by atoms with van der Waals surface area (Å²) in [5.74, 6) is 1.41. The molecule has 2 N–H and O–H groups in total. The zero-order valence-corrected chi connectivity index (χ0v) is 17.9. The molecule has 0 radical (unpaired) electrons. The maximum atomic E-state index is 12.4. The molecule has 6 nitrogen and oxygen atoms in total. The number of urea groups is 1. The second-order valence-corrected chi connectivity index (χ2v) is 7.30. The summed E-state index contributed by atoms with van der Waals surface area (Å²) < 4.78 is 11.5. The number of amides is 2. The fraction of sp³-hybridized carbons (Fsp3) is 0.350. The molecule has 0 aliphatic heterocycles. The van der Waals surface area contributed by atoms with Crippen LogP contribution < -0.4 is 20.1 Å². The van der Waals surface area contributed by atoms with E-state index in [1.807, 2.05) is 57.4 Å². The Morgan fingerprint density at radius 3 is 2.37 bits per heavy atom. The summed E-state index contributed by atoms with van der Waals surface area (Å²) in [7, 11) is 7.19. The van der Waals surface area contributed by atoms with Gasteiger partial charge >= 0.3 is 6.03 Å². The highest BCUT2D eigenvalue weighted by Crippen LogP contribution is 2.32. The van der Waals surface area contributed by atoms with E-state index < -0.39 is 0 Å². The molecule has 0 aromatic heterocycles. The molecule has 2 aromatic rings. The highest BCUT2D eigenvalue weighted by Gasteiger charge is 2.17. The molecule has 0 aliphatic rings. The molecule has 2 rings (SSSR count). The minimum atomic E-state index is -0.279. The van der Waals surface area contributed by atoms with E-state index in [4.69, 9.17) is 9.47 Å². The number of hydrogen-bond acceptors (Lipinski definition) is 4. The number of likely N-dealkylation sites (N-methyl/N-ethyl adjacent to an activating group) is 1. The van der Waals surface area contributed by atoms with Crippen LogP contribution in [0.3, 0.4) is 0 Å². The Balaban J connectivity index is 2.06. The Bertz CT molecular complexity index is 779. The summed E-state index contributed by atoms with van der Waals surface area (Å²) in [6, 6.07) is 11.4. The number of anilines is 1. The fourth-order valence-corrected chi connectivity index (χ4v) is 3.36. The molecule has 27 heavy (non-hydrogen) atoms. The van der Waals surface area contributed by atoms with Crippen molar-refractivity contribution in [3.8, 4) is 11.5 Å². The van der Waals surface area contributed by atoms with Gasteiger partial charge in [0.05, 0.1) is 25.9 Å². The van der Waals surface area contributed by atoms with Crippen molar-refractivity contribution in [1.29, 1.82) is 0 Å². The number of halogens is 1. The van der Waals surface area contributed by atoms with Crippen molar-refractivity contribution in [3.63, 3.8) is 0 Å². The summed E-state index contributed by atoms with van der Waals surface area (Å²) in [6.45, 7) is 2.38. The maximum absolute atomic E-state index is 12.4. The number of aryl methyl sites for hydroxylation is 1. The first kappa shape index (κ1) is 21.1. The first-order chi connectivity index (χ1) is 12.8. The number of rotatable bonds is 7. The number of hydrogen-bond donors (Lipinski definition) is 2. The molecule has 1 atom stereocenters. The summed E-state index contributed by atoms with van der Waals surface area (Å²) >= 11 is 3.43. The standard InChI is InChI=1S/C20H26BrN3O3/c1-13-10-15(21)11-18(27-5)19(13)23-20(25)22-12-17(24(2)3)14-6-8-16(26-4)9-7-14/h6-11,17H,12H2,1-5H3,(H2,22,23,25). The van der Waals surface area contributed by atoms with Gasteiger partial charge in [-0.15, -0.1) is 0 Å². The van der Waals surface area contributed by atoms with Crippen LogP contribution in [0.4, 0.5) is 10.5 Å². The minimum Gasteiger partial charge on any atom is -0.497 e. The van der Waals surface area contributed by atoms with Gasteiger partial charge in [-0.05, 0) is 56.4 Å². The molecule has 0 bridgehead atoms. The number of carbonyl (C=O) groups is 1. The molecule has 2 aromatic carbocycles. The van der Waals surface area contributed by atoms with Crippen molar-refractivity contribution in [2.75, 3.05) is 40.2 Å². The van der Waals surface area contributed by atoms with Crippen molar-refractivity contribution in [2.45, 2.75) is 13.0 Å². The van der Waals surface area contributed by atoms with Gasteiger partial charge in [0.25, 0.3) is 0 Å². The number of benzene rings is 2. The Hall–Kier alpha value is -2.25. The second kappa shape index (κ2) is 9.62. The Morgan fingerprint density at radius 1 is 1.15 bits per heavy atom. The summed E-state index contributed by atoms with van der Waals surface area (Å²) in [4.78, 5) is 14.5. The number of carbonyl (C=O) groups excluding carboxylic acids is 1. The lowest BCUT2D eigenvalue weighted by atomic mass is 10.1. The predicted octanol–water partition coefficient (Wildman–Crippen LogP) is 4.20. The number of methoxy groups -OCH3 is 2. The van der Waals surface area contributed by atoms with E-state index >= 15 is 0 Å². The second-order valence-electron chi connectivity index (χ2n) is 6.39. The van der Waals surface area contributed by atoms with Crippen molar-refractivity contribution < 1.29 is 14.3 Å². The average molecular weight is 436 g/mol. The fourth-order valence-electron chi connectivity index (χ4n) is 2.81. The van der Waals surface area contributed by atoms with Gasteiger partial charge in [0.15, 0.2) is 0 Å². The topological polar surface area (TPSA) is 62.8 Å². The lowest BCUT2D eigenvalue weighted by Gasteiger charge is -2.25. The van der Waals surface area contributed by atoms with E-state index in [1.54, 1.807) is 14.2 Å². The van der Waals surface area contributed by atoms with E-state index in [2.05, 4.69) is 31.5 Å². The average Bonchev–Trinajstić information content (AvgIpc) is 2.64. The summed E-state index contributed by atoms with van der Waals surface area (Å²) in [5, 5.41) is 5.83. The molecule has 0 fully saturated rings. The van der Waals surface area contributed by atoms with E-state index in [0.29, 0.717) is 18.0 Å². The van der Waals surface area contributed by atoms with Gasteiger partial charge in [-0.1, -0.05) is 28.1 Å². The van der Waals surface area contributed by atoms with Gasteiger partial charge in [-0.3, -0.25) is 0 Å². The normalized spacial score (nSPS) is 11.8. The molecule has 146 valence electrons. The monoisotopic (exact) mass is 435 g/mol. The Kier molecular flexibility index (Phi) is 7.50. The van der Waals surface area contributed by atoms with E-state index in [1.165, 1.54) is 0 Å². The third-order valence-electron chi connectivity index (χ3n) is 4.30. The number of nitrogens with zero attached hydrogens (tertiary/aromatic N) is 1. The van der Waals surface area contributed by atoms with Crippen LogP contribution in [-0.4, -0.2) is 45.8 Å². The maximum Gasteiger partial charge on any atom is 0.319 e. The molecular weight excluding hydrogens is 410 g/mol. The Labute approximate surface area is 169 Å². The number of ether oxygens (including phenoxy) is 2. The molecular formula is C20H26BrN3O3. The van der Waals surface area contributed by atoms with Crippen LogP contribution in [-0.2, 0) is 0 Å². The van der Waals surface area contributed by atoms with Crippen LogP contribution in [0.15, 0.2) is 40.9 Å². The molecule has 0 aliphatic carbocycles. The van der Waals surface area contributed by atoms with Crippen LogP contribution in [0.2, 0.25) is 0 Å². The highest BCUT2D eigenvalue weighted by molar-refractivity contribution is 9.10. The van der Waals surface area contributed by atoms with Crippen molar-refractivity contribution in [3.05, 3.63) is 52.0 Å². The lowest BCUT2D eigenvalue weighted by molar-refractivity contribution is 0.243. The molecule has 2 amide bonds. The largest absolute Gasteiger partial charge is 0.497 e. The molecule has 0 saturated carbocycles. The van der Waals surface area contributed by atoms with Gasteiger partial charge in [-0.2, -0.15) is 0 Å². The third kappa shape index (κ3) is 5.61. The van der Waals surface area contributed by atoms with Crippen molar-refractivity contribution in [2.24, 2.45) is 0 Å².